The van der Waals surface area contributed by atoms with E-state index in [2.05, 4.69) is 65.8 Å². The molecule has 0 aromatic heterocycles. The Morgan fingerprint density at radius 2 is 1.42 bits per heavy atom. The zero-order valence-electron chi connectivity index (χ0n) is 10.3. The summed E-state index contributed by atoms with van der Waals surface area (Å²) in [6, 6.07) is 24.9. The van der Waals surface area contributed by atoms with Gasteiger partial charge in [-0.05, 0) is 52.1 Å². The van der Waals surface area contributed by atoms with Gasteiger partial charge in [-0.15, -0.1) is 0 Å². The Kier molecular flexibility index (Phi) is 3.54. The highest BCUT2D eigenvalue weighted by Gasteiger charge is 1.93. The number of hydrogen-bond acceptors (Lipinski definition) is 1. The molecule has 0 aliphatic carbocycles. The zero-order chi connectivity index (χ0) is 12.9. The van der Waals surface area contributed by atoms with Crippen LogP contribution in [0.1, 0.15) is 5.56 Å². The summed E-state index contributed by atoms with van der Waals surface area (Å²) in [4.78, 5) is 1.18. The minimum Gasteiger partial charge on any atom is -0.0622 e. The third kappa shape index (κ3) is 2.99. The molecule has 3 rings (SSSR count). The maximum absolute atomic E-state index is 3.20. The monoisotopic (exact) mass is 260 g/mol. The molecule has 0 aliphatic rings. The van der Waals surface area contributed by atoms with Gasteiger partial charge in [-0.3, -0.25) is 0 Å². The molecule has 0 heterocycles. The third-order valence-electron chi connectivity index (χ3n) is 2.86. The molecule has 3 aromatic rings. The van der Waals surface area contributed by atoms with Crippen molar-refractivity contribution in [3.8, 4) is 11.2 Å². The summed E-state index contributed by atoms with van der Waals surface area (Å²) in [6.45, 7) is 0. The minimum absolute atomic E-state index is 1.06. The summed E-state index contributed by atoms with van der Waals surface area (Å²) in [6.07, 6.45) is 0. The molecule has 0 saturated heterocycles. The van der Waals surface area contributed by atoms with Crippen LogP contribution < -0.4 is 0 Å². The lowest BCUT2D eigenvalue weighted by Gasteiger charge is -1.97. The largest absolute Gasteiger partial charge is 0.0622 e. The van der Waals surface area contributed by atoms with Gasteiger partial charge in [0.2, 0.25) is 0 Å². The first-order chi connectivity index (χ1) is 9.42. The molecule has 0 unspecified atom stereocenters. The van der Waals surface area contributed by atoms with Gasteiger partial charge in [-0.2, -0.15) is 0 Å². The molecule has 0 N–H and O–H groups in total. The van der Waals surface area contributed by atoms with Crippen LogP contribution >= 0.6 is 11.8 Å². The van der Waals surface area contributed by atoms with E-state index in [0.29, 0.717) is 0 Å². The zero-order valence-corrected chi connectivity index (χ0v) is 11.2. The molecular formula is C18H12S. The topological polar surface area (TPSA) is 0 Å². The third-order valence-corrected chi connectivity index (χ3v) is 3.57. The van der Waals surface area contributed by atoms with Crippen LogP contribution in [-0.2, 0) is 0 Å². The number of rotatable bonds is 1. The molecule has 0 atom stereocenters. The Morgan fingerprint density at radius 1 is 0.684 bits per heavy atom. The fraction of sp³-hybridized carbons (Fsp3) is 0. The van der Waals surface area contributed by atoms with E-state index in [1.165, 1.54) is 15.7 Å². The first-order valence-electron chi connectivity index (χ1n) is 6.13. The van der Waals surface area contributed by atoms with Crippen LogP contribution in [0.25, 0.3) is 10.8 Å². The fourth-order valence-electron chi connectivity index (χ4n) is 1.90. The molecule has 1 heteroatoms. The average Bonchev–Trinajstić information content (AvgIpc) is 2.48. The average molecular weight is 260 g/mol. The normalized spacial score (nSPS) is 9.89. The van der Waals surface area contributed by atoms with E-state index >= 15 is 0 Å². The second-order valence-electron chi connectivity index (χ2n) is 4.20. The number of fused-ring (bicyclic) bond motifs is 1. The van der Waals surface area contributed by atoms with Crippen molar-refractivity contribution in [2.75, 3.05) is 0 Å². The quantitative estimate of drug-likeness (QED) is 0.441. The van der Waals surface area contributed by atoms with Gasteiger partial charge in [0, 0.05) is 10.5 Å². The van der Waals surface area contributed by atoms with Crippen LogP contribution in [0.5, 0.6) is 0 Å². The lowest BCUT2D eigenvalue weighted by Crippen LogP contribution is -1.75. The summed E-state index contributed by atoms with van der Waals surface area (Å²) >= 11 is 1.56. The first kappa shape index (κ1) is 11.9. The van der Waals surface area contributed by atoms with E-state index in [1.807, 2.05) is 18.2 Å². The molecule has 19 heavy (non-hydrogen) atoms. The number of benzene rings is 3. The highest BCUT2D eigenvalue weighted by Crippen LogP contribution is 2.17. The molecule has 0 bridgehead atoms. The summed E-state index contributed by atoms with van der Waals surface area (Å²) in [5.41, 5.74) is 1.06. The van der Waals surface area contributed by atoms with E-state index in [-0.39, 0.29) is 0 Å². The van der Waals surface area contributed by atoms with E-state index in [0.717, 1.165) is 5.56 Å². The van der Waals surface area contributed by atoms with Crippen molar-refractivity contribution in [3.05, 3.63) is 78.4 Å². The predicted molar refractivity (Wildman–Crippen MR) is 83.1 cm³/mol. The number of hydrogen-bond donors (Lipinski definition) is 0. The Hall–Kier alpha value is -2.17. The standard InChI is InChI=1S/C18H12S/c1-2-8-18(9-3-1)19-13-12-15-10-11-16-6-4-5-7-17(16)14-15/h1-11,14H. The predicted octanol–water partition coefficient (Wildman–Crippen LogP) is 4.94. The highest BCUT2D eigenvalue weighted by atomic mass is 32.2. The highest BCUT2D eigenvalue weighted by molar-refractivity contribution is 8.03. The second kappa shape index (κ2) is 5.65. The van der Waals surface area contributed by atoms with Gasteiger partial charge >= 0.3 is 0 Å². The molecule has 0 spiro atoms. The molecule has 90 valence electrons. The summed E-state index contributed by atoms with van der Waals surface area (Å²) < 4.78 is 0. The van der Waals surface area contributed by atoms with Crippen molar-refractivity contribution in [1.82, 2.24) is 0 Å². The van der Waals surface area contributed by atoms with Crippen molar-refractivity contribution in [2.45, 2.75) is 4.90 Å². The Morgan fingerprint density at radius 3 is 2.26 bits per heavy atom. The van der Waals surface area contributed by atoms with Gasteiger partial charge in [0.1, 0.15) is 0 Å². The van der Waals surface area contributed by atoms with Crippen molar-refractivity contribution >= 4 is 22.5 Å². The number of thioether (sulfide) groups is 1. The molecule has 0 aliphatic heterocycles. The first-order valence-corrected chi connectivity index (χ1v) is 6.95. The molecule has 0 nitrogen and oxygen atoms in total. The maximum atomic E-state index is 3.20. The Balaban J connectivity index is 1.82. The second-order valence-corrected chi connectivity index (χ2v) is 5.08. The van der Waals surface area contributed by atoms with Gasteiger partial charge in [0.15, 0.2) is 0 Å². The summed E-state index contributed by atoms with van der Waals surface area (Å²) in [5, 5.41) is 5.64. The molecular weight excluding hydrogens is 248 g/mol. The van der Waals surface area contributed by atoms with E-state index in [4.69, 9.17) is 0 Å². The van der Waals surface area contributed by atoms with Crippen LogP contribution in [0.4, 0.5) is 0 Å². The summed E-state index contributed by atoms with van der Waals surface area (Å²) in [5.74, 6) is 3.20. The van der Waals surface area contributed by atoms with Gasteiger partial charge in [0.25, 0.3) is 0 Å². The smallest absolute Gasteiger partial charge is 0.0260 e. The van der Waals surface area contributed by atoms with Crippen LogP contribution in [0.3, 0.4) is 0 Å². The van der Waals surface area contributed by atoms with Crippen LogP contribution in [0.15, 0.2) is 77.7 Å². The van der Waals surface area contributed by atoms with Crippen molar-refractivity contribution in [1.29, 1.82) is 0 Å². The Labute approximate surface area is 117 Å². The molecule has 0 radical (unpaired) electrons. The van der Waals surface area contributed by atoms with Crippen LogP contribution in [0, 0.1) is 11.2 Å². The van der Waals surface area contributed by atoms with E-state index in [1.54, 1.807) is 11.8 Å². The van der Waals surface area contributed by atoms with Gasteiger partial charge in [0.05, 0.1) is 0 Å². The molecule has 3 aromatic carbocycles. The SMILES string of the molecule is C(#Cc1ccc2ccccc2c1)Sc1ccccc1. The van der Waals surface area contributed by atoms with Gasteiger partial charge in [-0.25, -0.2) is 0 Å². The molecule has 0 amide bonds. The van der Waals surface area contributed by atoms with Crippen LogP contribution in [-0.4, -0.2) is 0 Å². The maximum Gasteiger partial charge on any atom is 0.0260 e. The van der Waals surface area contributed by atoms with Gasteiger partial charge in [-0.1, -0.05) is 54.5 Å². The lowest BCUT2D eigenvalue weighted by atomic mass is 10.1. The lowest BCUT2D eigenvalue weighted by molar-refractivity contribution is 1.47. The fourth-order valence-corrected chi connectivity index (χ4v) is 2.48. The van der Waals surface area contributed by atoms with Crippen molar-refractivity contribution in [2.24, 2.45) is 0 Å². The van der Waals surface area contributed by atoms with E-state index < -0.39 is 0 Å². The summed E-state index contributed by atoms with van der Waals surface area (Å²) in [7, 11) is 0. The van der Waals surface area contributed by atoms with Gasteiger partial charge < -0.3 is 0 Å². The Bertz CT molecular complexity index is 748. The minimum atomic E-state index is 1.06. The van der Waals surface area contributed by atoms with Crippen LogP contribution in [0.2, 0.25) is 0 Å². The molecule has 0 fully saturated rings. The van der Waals surface area contributed by atoms with Crippen molar-refractivity contribution < 1.29 is 0 Å². The molecule has 0 saturated carbocycles. The van der Waals surface area contributed by atoms with Crippen molar-refractivity contribution in [3.63, 3.8) is 0 Å². The van der Waals surface area contributed by atoms with E-state index in [9.17, 15) is 0 Å².